The molecular weight excluding hydrogens is 330 g/mol. The minimum absolute atomic E-state index is 0.101. The summed E-state index contributed by atoms with van der Waals surface area (Å²) in [6.45, 7) is 4.49. The molecule has 3 aromatic rings. The molecule has 0 amide bonds. The lowest BCUT2D eigenvalue weighted by Gasteiger charge is -2.31. The van der Waals surface area contributed by atoms with Crippen LogP contribution in [-0.2, 0) is 13.6 Å². The summed E-state index contributed by atoms with van der Waals surface area (Å²) in [5.41, 5.74) is 1.71. The Labute approximate surface area is 151 Å². The summed E-state index contributed by atoms with van der Waals surface area (Å²) in [4.78, 5) is 19.4. The highest BCUT2D eigenvalue weighted by molar-refractivity contribution is 5.33. The first-order valence-corrected chi connectivity index (χ1v) is 8.96. The minimum atomic E-state index is -0.101. The van der Waals surface area contributed by atoms with Gasteiger partial charge in [-0.05, 0) is 31.5 Å². The molecule has 0 spiro atoms. The number of para-hydroxylation sites is 1. The van der Waals surface area contributed by atoms with E-state index in [4.69, 9.17) is 4.42 Å². The monoisotopic (exact) mass is 353 g/mol. The minimum Gasteiger partial charge on any atom is -0.449 e. The lowest BCUT2D eigenvalue weighted by Crippen LogP contribution is -2.35. The summed E-state index contributed by atoms with van der Waals surface area (Å²) in [6.07, 6.45) is 3.82. The molecule has 1 aromatic carbocycles. The Balaban J connectivity index is 1.61. The molecule has 1 aliphatic rings. The summed E-state index contributed by atoms with van der Waals surface area (Å²) >= 11 is 0. The molecular formula is C19H23N5O2. The van der Waals surface area contributed by atoms with Crippen molar-refractivity contribution in [3.63, 3.8) is 0 Å². The molecule has 2 aromatic heterocycles. The number of hydrogen-bond donors (Lipinski definition) is 0. The van der Waals surface area contributed by atoms with Gasteiger partial charge < -0.3 is 4.42 Å². The molecule has 0 aliphatic carbocycles. The SMILES string of the molecule is Cc1nc(CN2CCC[C@@H](c3nn(C)c(=O)n3-c3ccccc3)C2)co1. The third-order valence-electron chi connectivity index (χ3n) is 4.89. The number of aryl methyl sites for hydroxylation is 2. The topological polar surface area (TPSA) is 69.1 Å². The first-order valence-electron chi connectivity index (χ1n) is 8.96. The van der Waals surface area contributed by atoms with Crippen LogP contribution in [0.1, 0.15) is 36.2 Å². The molecule has 7 heteroatoms. The summed E-state index contributed by atoms with van der Waals surface area (Å²) in [5.74, 6) is 1.74. The average Bonchev–Trinajstić information content (AvgIpc) is 3.19. The van der Waals surface area contributed by atoms with Crippen LogP contribution in [0.25, 0.3) is 5.69 Å². The second kappa shape index (κ2) is 6.92. The van der Waals surface area contributed by atoms with Crippen LogP contribution in [0.15, 0.2) is 45.8 Å². The van der Waals surface area contributed by atoms with E-state index in [0.29, 0.717) is 5.89 Å². The van der Waals surface area contributed by atoms with E-state index in [-0.39, 0.29) is 11.6 Å². The third kappa shape index (κ3) is 3.22. The van der Waals surface area contributed by atoms with E-state index in [1.807, 2.05) is 37.3 Å². The maximum absolute atomic E-state index is 12.6. The molecule has 0 radical (unpaired) electrons. The van der Waals surface area contributed by atoms with Crippen LogP contribution in [0.5, 0.6) is 0 Å². The van der Waals surface area contributed by atoms with Crippen LogP contribution in [0.2, 0.25) is 0 Å². The van der Waals surface area contributed by atoms with E-state index in [1.54, 1.807) is 17.9 Å². The molecule has 3 heterocycles. The average molecular weight is 353 g/mol. The van der Waals surface area contributed by atoms with Gasteiger partial charge in [0.25, 0.3) is 0 Å². The van der Waals surface area contributed by atoms with E-state index < -0.39 is 0 Å². The van der Waals surface area contributed by atoms with Crippen molar-refractivity contribution >= 4 is 0 Å². The standard InChI is InChI=1S/C19H23N5O2/c1-14-20-16(13-26-14)12-23-10-6-7-15(11-23)18-21-22(2)19(25)24(18)17-8-4-3-5-9-17/h3-5,8-9,13,15H,6-7,10-12H2,1-2H3/t15-/m1/s1. The van der Waals surface area contributed by atoms with Crippen LogP contribution < -0.4 is 5.69 Å². The Morgan fingerprint density at radius 1 is 1.27 bits per heavy atom. The van der Waals surface area contributed by atoms with Gasteiger partial charge in [0.2, 0.25) is 0 Å². The lowest BCUT2D eigenvalue weighted by atomic mass is 9.97. The van der Waals surface area contributed by atoms with Gasteiger partial charge in [0.15, 0.2) is 5.89 Å². The van der Waals surface area contributed by atoms with Gasteiger partial charge in [-0.25, -0.2) is 19.0 Å². The number of nitrogens with zero attached hydrogens (tertiary/aromatic N) is 5. The number of hydrogen-bond acceptors (Lipinski definition) is 5. The van der Waals surface area contributed by atoms with Gasteiger partial charge in [-0.3, -0.25) is 4.90 Å². The molecule has 7 nitrogen and oxygen atoms in total. The van der Waals surface area contributed by atoms with Crippen molar-refractivity contribution in [3.8, 4) is 5.69 Å². The lowest BCUT2D eigenvalue weighted by molar-refractivity contribution is 0.193. The quantitative estimate of drug-likeness (QED) is 0.719. The van der Waals surface area contributed by atoms with Crippen molar-refractivity contribution < 1.29 is 4.42 Å². The first-order chi connectivity index (χ1) is 12.6. The predicted octanol–water partition coefficient (Wildman–Crippen LogP) is 2.25. The van der Waals surface area contributed by atoms with Crippen LogP contribution in [0, 0.1) is 6.92 Å². The Bertz CT molecular complexity index is 940. The number of rotatable bonds is 4. The molecule has 4 rings (SSSR count). The van der Waals surface area contributed by atoms with Gasteiger partial charge in [0, 0.05) is 33.0 Å². The van der Waals surface area contributed by atoms with E-state index in [9.17, 15) is 4.79 Å². The Hall–Kier alpha value is -2.67. The highest BCUT2D eigenvalue weighted by Crippen LogP contribution is 2.27. The van der Waals surface area contributed by atoms with Crippen LogP contribution in [0.4, 0.5) is 0 Å². The van der Waals surface area contributed by atoms with Crippen molar-refractivity contribution in [2.75, 3.05) is 13.1 Å². The number of oxazole rings is 1. The molecule has 1 saturated heterocycles. The molecule has 26 heavy (non-hydrogen) atoms. The number of likely N-dealkylation sites (tertiary alicyclic amines) is 1. The molecule has 1 atom stereocenters. The molecule has 1 aliphatic heterocycles. The Morgan fingerprint density at radius 2 is 2.08 bits per heavy atom. The fourth-order valence-corrected chi connectivity index (χ4v) is 3.69. The van der Waals surface area contributed by atoms with Gasteiger partial charge in [0.1, 0.15) is 12.1 Å². The Morgan fingerprint density at radius 3 is 2.81 bits per heavy atom. The number of piperidine rings is 1. The zero-order valence-electron chi connectivity index (χ0n) is 15.1. The highest BCUT2D eigenvalue weighted by atomic mass is 16.3. The van der Waals surface area contributed by atoms with Crippen molar-refractivity contribution in [1.29, 1.82) is 0 Å². The summed E-state index contributed by atoms with van der Waals surface area (Å²) in [6, 6.07) is 9.74. The highest BCUT2D eigenvalue weighted by Gasteiger charge is 2.28. The number of aromatic nitrogens is 4. The van der Waals surface area contributed by atoms with E-state index in [1.165, 1.54) is 4.68 Å². The summed E-state index contributed by atoms with van der Waals surface area (Å²) in [7, 11) is 1.71. The van der Waals surface area contributed by atoms with Crippen LogP contribution in [-0.4, -0.2) is 37.3 Å². The smallest absolute Gasteiger partial charge is 0.350 e. The van der Waals surface area contributed by atoms with E-state index >= 15 is 0 Å². The van der Waals surface area contributed by atoms with Gasteiger partial charge in [-0.2, -0.15) is 5.10 Å². The van der Waals surface area contributed by atoms with Crippen LogP contribution in [0.3, 0.4) is 0 Å². The second-order valence-corrected chi connectivity index (χ2v) is 6.87. The molecule has 1 fully saturated rings. The van der Waals surface area contributed by atoms with Crippen LogP contribution >= 0.6 is 0 Å². The molecule has 136 valence electrons. The number of benzene rings is 1. The summed E-state index contributed by atoms with van der Waals surface area (Å²) in [5, 5.41) is 4.56. The first kappa shape index (κ1) is 16.8. The normalized spacial score (nSPS) is 18.3. The van der Waals surface area contributed by atoms with E-state index in [0.717, 1.165) is 49.7 Å². The maximum Gasteiger partial charge on any atom is 0.350 e. The zero-order valence-corrected chi connectivity index (χ0v) is 15.1. The fraction of sp³-hybridized carbons (Fsp3) is 0.421. The second-order valence-electron chi connectivity index (χ2n) is 6.87. The third-order valence-corrected chi connectivity index (χ3v) is 4.89. The molecule has 0 N–H and O–H groups in total. The van der Waals surface area contributed by atoms with Crippen molar-refractivity contribution in [3.05, 3.63) is 64.5 Å². The predicted molar refractivity (Wildman–Crippen MR) is 97.3 cm³/mol. The molecule has 0 saturated carbocycles. The fourth-order valence-electron chi connectivity index (χ4n) is 3.69. The van der Waals surface area contributed by atoms with E-state index in [2.05, 4.69) is 15.0 Å². The van der Waals surface area contributed by atoms with Crippen molar-refractivity contribution in [2.45, 2.75) is 32.2 Å². The molecule has 0 unspecified atom stereocenters. The maximum atomic E-state index is 12.6. The van der Waals surface area contributed by atoms with Crippen molar-refractivity contribution in [2.24, 2.45) is 7.05 Å². The largest absolute Gasteiger partial charge is 0.449 e. The summed E-state index contributed by atoms with van der Waals surface area (Å²) < 4.78 is 8.49. The Kier molecular flexibility index (Phi) is 4.46. The van der Waals surface area contributed by atoms with Gasteiger partial charge in [0.05, 0.1) is 11.4 Å². The molecule has 0 bridgehead atoms. The van der Waals surface area contributed by atoms with Crippen molar-refractivity contribution in [1.82, 2.24) is 24.2 Å². The zero-order chi connectivity index (χ0) is 18.1. The van der Waals surface area contributed by atoms with Gasteiger partial charge in [-0.15, -0.1) is 0 Å². The van der Waals surface area contributed by atoms with Gasteiger partial charge >= 0.3 is 5.69 Å². The van der Waals surface area contributed by atoms with Gasteiger partial charge in [-0.1, -0.05) is 18.2 Å².